The van der Waals surface area contributed by atoms with Gasteiger partial charge in [0.2, 0.25) is 0 Å². The monoisotopic (exact) mass is 433 g/mol. The molecule has 0 radical (unpaired) electrons. The molecule has 31 heavy (non-hydrogen) atoms. The summed E-state index contributed by atoms with van der Waals surface area (Å²) >= 11 is 6.25. The van der Waals surface area contributed by atoms with Gasteiger partial charge in [-0.15, -0.1) is 0 Å². The van der Waals surface area contributed by atoms with E-state index in [2.05, 4.69) is 5.32 Å². The van der Waals surface area contributed by atoms with Gasteiger partial charge >= 0.3 is 0 Å². The molecule has 0 unspecified atom stereocenters. The maximum Gasteiger partial charge on any atom is 0.161 e. The highest BCUT2D eigenvalue weighted by atomic mass is 35.5. The number of carbonyl (C=O) groups excluding carboxylic acids is 2. The van der Waals surface area contributed by atoms with Gasteiger partial charge < -0.3 is 10.1 Å². The Kier molecular flexibility index (Phi) is 5.41. The van der Waals surface area contributed by atoms with Gasteiger partial charge in [-0.2, -0.15) is 0 Å². The molecule has 0 fully saturated rings. The van der Waals surface area contributed by atoms with Gasteiger partial charge in [-0.25, -0.2) is 0 Å². The molecule has 0 bridgehead atoms. The fourth-order valence-corrected chi connectivity index (χ4v) is 5.07. The topological polar surface area (TPSA) is 55.4 Å². The Balaban J connectivity index is 1.51. The fourth-order valence-electron chi connectivity index (χ4n) is 4.88. The fraction of sp³-hybridized carbons (Fsp3) is 0.308. The average Bonchev–Trinajstić information content (AvgIpc) is 2.78. The molecule has 4 nitrogen and oxygen atoms in total. The van der Waals surface area contributed by atoms with Crippen molar-refractivity contribution in [2.45, 2.75) is 51.0 Å². The molecule has 0 saturated heterocycles. The normalized spacial score (nSPS) is 19.1. The highest BCUT2D eigenvalue weighted by Gasteiger charge is 2.40. The molecule has 5 heteroatoms. The molecule has 3 aliphatic rings. The first-order chi connectivity index (χ1) is 15.1. The van der Waals surface area contributed by atoms with Gasteiger partial charge in [0.15, 0.2) is 11.6 Å². The predicted molar refractivity (Wildman–Crippen MR) is 120 cm³/mol. The second-order valence-corrected chi connectivity index (χ2v) is 8.76. The minimum atomic E-state index is -0.310. The van der Waals surface area contributed by atoms with Crippen molar-refractivity contribution in [3.8, 4) is 5.75 Å². The first-order valence-electron chi connectivity index (χ1n) is 10.9. The average molecular weight is 434 g/mol. The number of halogens is 1. The maximum absolute atomic E-state index is 12.9. The molecular weight excluding hydrogens is 410 g/mol. The van der Waals surface area contributed by atoms with Crippen molar-refractivity contribution in [3.63, 3.8) is 0 Å². The van der Waals surface area contributed by atoms with Crippen LogP contribution < -0.4 is 10.1 Å². The van der Waals surface area contributed by atoms with E-state index in [0.29, 0.717) is 30.2 Å². The molecule has 2 aromatic carbocycles. The van der Waals surface area contributed by atoms with Crippen LogP contribution in [0.5, 0.6) is 5.75 Å². The molecular formula is C26H24ClNO3. The van der Waals surface area contributed by atoms with Crippen LogP contribution in [0.2, 0.25) is 5.02 Å². The molecule has 0 amide bonds. The number of hydrogen-bond donors (Lipinski definition) is 1. The number of Topliss-reactive ketones (excluding diaryl/α,β-unsaturated/α-hetero) is 2. The van der Waals surface area contributed by atoms with Crippen molar-refractivity contribution in [3.05, 3.63) is 87.2 Å². The number of nitrogens with one attached hydrogen (secondary N) is 1. The lowest BCUT2D eigenvalue weighted by atomic mass is 9.71. The van der Waals surface area contributed by atoms with E-state index < -0.39 is 0 Å². The van der Waals surface area contributed by atoms with E-state index in [1.165, 1.54) is 0 Å². The molecule has 0 aromatic heterocycles. The zero-order valence-corrected chi connectivity index (χ0v) is 18.0. The summed E-state index contributed by atoms with van der Waals surface area (Å²) in [5.74, 6) is 0.680. The summed E-state index contributed by atoms with van der Waals surface area (Å²) in [5, 5.41) is 4.13. The number of carbonyl (C=O) groups is 2. The Morgan fingerprint density at radius 1 is 0.871 bits per heavy atom. The number of dihydropyridines is 1. The van der Waals surface area contributed by atoms with Crippen LogP contribution in [0.1, 0.15) is 55.6 Å². The number of ketones is 2. The van der Waals surface area contributed by atoms with Crippen molar-refractivity contribution in [1.29, 1.82) is 0 Å². The van der Waals surface area contributed by atoms with E-state index in [1.807, 2.05) is 48.5 Å². The van der Waals surface area contributed by atoms with Gasteiger partial charge in [0.1, 0.15) is 12.4 Å². The third kappa shape index (κ3) is 3.81. The van der Waals surface area contributed by atoms with Gasteiger partial charge in [-0.3, -0.25) is 9.59 Å². The Labute approximate surface area is 186 Å². The van der Waals surface area contributed by atoms with E-state index in [-0.39, 0.29) is 17.5 Å². The third-order valence-corrected chi connectivity index (χ3v) is 6.70. The Morgan fingerprint density at radius 3 is 2.23 bits per heavy atom. The zero-order valence-electron chi connectivity index (χ0n) is 17.2. The number of ether oxygens (including phenoxy) is 1. The van der Waals surface area contributed by atoms with E-state index >= 15 is 0 Å². The van der Waals surface area contributed by atoms with Crippen LogP contribution in [0.15, 0.2) is 71.1 Å². The summed E-state index contributed by atoms with van der Waals surface area (Å²) in [4.78, 5) is 25.9. The molecule has 1 aliphatic heterocycles. The molecule has 1 heterocycles. The van der Waals surface area contributed by atoms with Crippen LogP contribution in [0.4, 0.5) is 0 Å². The number of hydrogen-bond acceptors (Lipinski definition) is 4. The molecule has 0 saturated carbocycles. The molecule has 0 spiro atoms. The Morgan fingerprint density at radius 2 is 1.55 bits per heavy atom. The summed E-state index contributed by atoms with van der Waals surface area (Å²) in [5.41, 5.74) is 5.38. The lowest BCUT2D eigenvalue weighted by molar-refractivity contribution is -0.116. The summed E-state index contributed by atoms with van der Waals surface area (Å²) in [6.45, 7) is 0.356. The molecule has 2 aliphatic carbocycles. The second kappa shape index (κ2) is 8.35. The Hall–Kier alpha value is -2.85. The largest absolute Gasteiger partial charge is 0.489 e. The highest BCUT2D eigenvalue weighted by molar-refractivity contribution is 6.31. The summed E-state index contributed by atoms with van der Waals surface area (Å²) in [6, 6.07) is 15.4. The van der Waals surface area contributed by atoms with Crippen LogP contribution in [-0.4, -0.2) is 11.6 Å². The minimum absolute atomic E-state index is 0.145. The second-order valence-electron chi connectivity index (χ2n) is 8.35. The molecule has 158 valence electrons. The summed E-state index contributed by atoms with van der Waals surface area (Å²) in [7, 11) is 0. The van der Waals surface area contributed by atoms with E-state index in [0.717, 1.165) is 59.4 Å². The number of rotatable bonds is 4. The molecule has 2 aromatic rings. The quantitative estimate of drug-likeness (QED) is 0.679. The summed E-state index contributed by atoms with van der Waals surface area (Å²) < 4.78 is 6.03. The van der Waals surface area contributed by atoms with Crippen molar-refractivity contribution in [2.75, 3.05) is 0 Å². The van der Waals surface area contributed by atoms with E-state index in [4.69, 9.17) is 16.3 Å². The molecule has 0 atom stereocenters. The lowest BCUT2D eigenvalue weighted by Gasteiger charge is -2.37. The number of allylic oxidation sites excluding steroid dienone is 4. The van der Waals surface area contributed by atoms with Crippen molar-refractivity contribution in [2.24, 2.45) is 0 Å². The first kappa shape index (κ1) is 20.1. The number of benzene rings is 2. The van der Waals surface area contributed by atoms with Crippen LogP contribution in [0.25, 0.3) is 0 Å². The summed E-state index contributed by atoms with van der Waals surface area (Å²) in [6.07, 6.45) is 4.49. The zero-order chi connectivity index (χ0) is 21.4. The van der Waals surface area contributed by atoms with Crippen LogP contribution >= 0.6 is 11.6 Å². The van der Waals surface area contributed by atoms with Gasteiger partial charge in [-0.05, 0) is 49.4 Å². The third-order valence-electron chi connectivity index (χ3n) is 6.34. The van der Waals surface area contributed by atoms with Crippen molar-refractivity contribution >= 4 is 23.2 Å². The van der Waals surface area contributed by atoms with E-state index in [9.17, 15) is 9.59 Å². The van der Waals surface area contributed by atoms with Crippen molar-refractivity contribution in [1.82, 2.24) is 5.32 Å². The SMILES string of the molecule is O=C1CCCC2=C1C(c1cccc(OCc3ccccc3Cl)c1)C1=C(CCCC1=O)N2. The van der Waals surface area contributed by atoms with Gasteiger partial charge in [-0.1, -0.05) is 41.9 Å². The van der Waals surface area contributed by atoms with Crippen molar-refractivity contribution < 1.29 is 14.3 Å². The maximum atomic E-state index is 12.9. The van der Waals surface area contributed by atoms with Gasteiger partial charge in [0.05, 0.1) is 0 Å². The lowest BCUT2D eigenvalue weighted by Crippen LogP contribution is -2.36. The first-order valence-corrected chi connectivity index (χ1v) is 11.3. The minimum Gasteiger partial charge on any atom is -0.489 e. The molecule has 5 rings (SSSR count). The van der Waals surface area contributed by atoms with E-state index in [1.54, 1.807) is 0 Å². The van der Waals surface area contributed by atoms with Crippen LogP contribution in [0.3, 0.4) is 0 Å². The highest BCUT2D eigenvalue weighted by Crippen LogP contribution is 2.45. The standard InChI is InChI=1S/C26H24ClNO3/c27-19-9-2-1-6-17(19)15-31-18-8-3-7-16(14-18)24-25-20(10-4-12-22(25)29)28-21-11-5-13-23(30)26(21)24/h1-3,6-9,14,24,28H,4-5,10-13,15H2. The Bertz CT molecular complexity index is 1090. The smallest absolute Gasteiger partial charge is 0.161 e. The van der Waals surface area contributed by atoms with Crippen LogP contribution in [0, 0.1) is 0 Å². The van der Waals surface area contributed by atoms with Gasteiger partial charge in [0, 0.05) is 51.9 Å². The molecule has 1 N–H and O–H groups in total. The van der Waals surface area contributed by atoms with Gasteiger partial charge in [0.25, 0.3) is 0 Å². The van der Waals surface area contributed by atoms with Crippen LogP contribution in [-0.2, 0) is 16.2 Å². The predicted octanol–water partition coefficient (Wildman–Crippen LogP) is 5.62.